The average molecular weight is 257 g/mol. The Labute approximate surface area is 110 Å². The molecule has 0 saturated carbocycles. The van der Waals surface area contributed by atoms with Gasteiger partial charge in [-0.3, -0.25) is 9.69 Å². The third-order valence-corrected chi connectivity index (χ3v) is 3.43. The van der Waals surface area contributed by atoms with Crippen molar-refractivity contribution in [1.29, 1.82) is 0 Å². The highest BCUT2D eigenvalue weighted by molar-refractivity contribution is 5.73. The lowest BCUT2D eigenvalue weighted by Crippen LogP contribution is -2.49. The number of hydrogen-bond acceptors (Lipinski definition) is 4. The van der Waals surface area contributed by atoms with Crippen molar-refractivity contribution in [2.24, 2.45) is 0 Å². The van der Waals surface area contributed by atoms with Crippen LogP contribution in [0.3, 0.4) is 0 Å². The minimum Gasteiger partial charge on any atom is -0.480 e. The van der Waals surface area contributed by atoms with Crippen LogP contribution in [0.25, 0.3) is 0 Å². The first-order valence-corrected chi connectivity index (χ1v) is 6.89. The zero-order chi connectivity index (χ0) is 13.5. The highest BCUT2D eigenvalue weighted by Crippen LogP contribution is 2.17. The number of hydrogen-bond donors (Lipinski definition) is 2. The van der Waals surface area contributed by atoms with E-state index in [1.165, 1.54) is 12.8 Å². The van der Waals surface area contributed by atoms with Gasteiger partial charge in [-0.2, -0.15) is 0 Å². The van der Waals surface area contributed by atoms with E-state index in [4.69, 9.17) is 0 Å². The van der Waals surface area contributed by atoms with Crippen molar-refractivity contribution in [3.05, 3.63) is 0 Å². The molecule has 0 aromatic heterocycles. The van der Waals surface area contributed by atoms with E-state index in [1.54, 1.807) is 0 Å². The van der Waals surface area contributed by atoms with Crippen LogP contribution in [0.15, 0.2) is 0 Å². The molecule has 18 heavy (non-hydrogen) atoms. The summed E-state index contributed by atoms with van der Waals surface area (Å²) in [6.45, 7) is 5.48. The Balaban J connectivity index is 2.48. The first-order valence-electron chi connectivity index (χ1n) is 6.89. The molecule has 5 heteroatoms. The fraction of sp³-hybridized carbons (Fsp3) is 0.923. The first-order chi connectivity index (χ1) is 8.54. The molecular weight excluding hydrogens is 230 g/mol. The highest BCUT2D eigenvalue weighted by Gasteiger charge is 2.29. The van der Waals surface area contributed by atoms with Gasteiger partial charge in [0.2, 0.25) is 0 Å². The van der Waals surface area contributed by atoms with E-state index in [0.29, 0.717) is 12.6 Å². The third kappa shape index (κ3) is 4.92. The largest absolute Gasteiger partial charge is 0.480 e. The van der Waals surface area contributed by atoms with Gasteiger partial charge in [-0.1, -0.05) is 6.92 Å². The minimum absolute atomic E-state index is 0.437. The summed E-state index contributed by atoms with van der Waals surface area (Å²) in [4.78, 5) is 15.7. The molecule has 0 aliphatic carbocycles. The maximum absolute atomic E-state index is 11.2. The van der Waals surface area contributed by atoms with E-state index in [1.807, 2.05) is 0 Å². The number of rotatable bonds is 8. The van der Waals surface area contributed by atoms with Gasteiger partial charge in [-0.15, -0.1) is 0 Å². The highest BCUT2D eigenvalue weighted by atomic mass is 16.4. The van der Waals surface area contributed by atoms with Crippen molar-refractivity contribution in [1.82, 2.24) is 15.1 Å². The van der Waals surface area contributed by atoms with Crippen LogP contribution in [0.5, 0.6) is 0 Å². The van der Waals surface area contributed by atoms with Gasteiger partial charge in [0, 0.05) is 19.1 Å². The predicted octanol–water partition coefficient (Wildman–Crippen LogP) is 0.465. The number of nitrogens with zero attached hydrogens (tertiary/aromatic N) is 2. The van der Waals surface area contributed by atoms with Gasteiger partial charge in [0.25, 0.3) is 0 Å². The zero-order valence-corrected chi connectivity index (χ0v) is 11.9. The Hall–Kier alpha value is -0.650. The van der Waals surface area contributed by atoms with E-state index in [2.05, 4.69) is 36.1 Å². The van der Waals surface area contributed by atoms with Gasteiger partial charge >= 0.3 is 5.97 Å². The number of carbonyl (C=O) groups is 1. The molecule has 1 heterocycles. The fourth-order valence-corrected chi connectivity index (χ4v) is 2.55. The van der Waals surface area contributed by atoms with Crippen molar-refractivity contribution >= 4 is 5.97 Å². The lowest BCUT2D eigenvalue weighted by Gasteiger charge is -2.29. The molecule has 0 amide bonds. The molecule has 0 aromatic carbocycles. The van der Waals surface area contributed by atoms with Crippen LogP contribution in [0.2, 0.25) is 0 Å². The molecule has 2 atom stereocenters. The second-order valence-corrected chi connectivity index (χ2v) is 5.40. The van der Waals surface area contributed by atoms with E-state index in [0.717, 1.165) is 26.1 Å². The molecule has 0 aromatic rings. The molecule has 1 aliphatic heterocycles. The average Bonchev–Trinajstić information content (AvgIpc) is 2.70. The smallest absolute Gasteiger partial charge is 0.322 e. The van der Waals surface area contributed by atoms with Gasteiger partial charge < -0.3 is 15.3 Å². The summed E-state index contributed by atoms with van der Waals surface area (Å²) in [6.07, 6.45) is 3.32. The molecule has 1 rings (SSSR count). The zero-order valence-electron chi connectivity index (χ0n) is 11.9. The van der Waals surface area contributed by atoms with Crippen molar-refractivity contribution in [2.75, 3.05) is 40.3 Å². The maximum atomic E-state index is 11.2. The number of carboxylic acids is 1. The molecule has 5 nitrogen and oxygen atoms in total. The number of likely N-dealkylation sites (tertiary alicyclic amines) is 1. The molecule has 106 valence electrons. The van der Waals surface area contributed by atoms with Crippen LogP contribution in [-0.4, -0.2) is 73.2 Å². The number of carboxylic acid groups (broad SMARTS) is 1. The van der Waals surface area contributed by atoms with Crippen LogP contribution < -0.4 is 5.32 Å². The van der Waals surface area contributed by atoms with Crippen molar-refractivity contribution in [3.8, 4) is 0 Å². The Kier molecular flexibility index (Phi) is 6.60. The fourth-order valence-electron chi connectivity index (χ4n) is 2.55. The van der Waals surface area contributed by atoms with Crippen LogP contribution in [-0.2, 0) is 4.79 Å². The van der Waals surface area contributed by atoms with E-state index in [-0.39, 0.29) is 0 Å². The first kappa shape index (κ1) is 15.4. The van der Waals surface area contributed by atoms with Crippen LogP contribution in [0.1, 0.15) is 26.2 Å². The quantitative estimate of drug-likeness (QED) is 0.662. The Morgan fingerprint density at radius 2 is 2.28 bits per heavy atom. The lowest BCUT2D eigenvalue weighted by atomic mass is 10.2. The molecule has 0 bridgehead atoms. The lowest BCUT2D eigenvalue weighted by molar-refractivity contribution is -0.140. The van der Waals surface area contributed by atoms with Crippen LogP contribution >= 0.6 is 0 Å². The normalized spacial score (nSPS) is 22.6. The molecule has 2 unspecified atom stereocenters. The van der Waals surface area contributed by atoms with E-state index >= 15 is 0 Å². The molecule has 1 saturated heterocycles. The second kappa shape index (κ2) is 7.71. The molecular formula is C13H27N3O2. The van der Waals surface area contributed by atoms with Crippen LogP contribution in [0, 0.1) is 0 Å². The van der Waals surface area contributed by atoms with Gasteiger partial charge in [0.05, 0.1) is 0 Å². The van der Waals surface area contributed by atoms with Gasteiger partial charge in [0.15, 0.2) is 0 Å². The summed E-state index contributed by atoms with van der Waals surface area (Å²) in [5.41, 5.74) is 0. The predicted molar refractivity (Wildman–Crippen MR) is 72.9 cm³/mol. The molecule has 2 N–H and O–H groups in total. The molecule has 1 aliphatic rings. The minimum atomic E-state index is -0.737. The van der Waals surface area contributed by atoms with E-state index < -0.39 is 12.0 Å². The third-order valence-electron chi connectivity index (χ3n) is 3.43. The molecule has 1 fully saturated rings. The van der Waals surface area contributed by atoms with E-state index in [9.17, 15) is 9.90 Å². The standard InChI is InChI=1S/C13H27N3O2/c1-4-7-14-12(13(17)18)10-16-8-5-6-11(16)9-15(2)3/h11-12,14H,4-10H2,1-3H3,(H,17,18). The number of likely N-dealkylation sites (N-methyl/N-ethyl adjacent to an activating group) is 1. The summed E-state index contributed by atoms with van der Waals surface area (Å²) >= 11 is 0. The Morgan fingerprint density at radius 1 is 1.56 bits per heavy atom. The SMILES string of the molecule is CCCNC(CN1CCCC1CN(C)C)C(=O)O. The van der Waals surface area contributed by atoms with Gasteiger partial charge in [-0.25, -0.2) is 0 Å². The van der Waals surface area contributed by atoms with Gasteiger partial charge in [0.1, 0.15) is 6.04 Å². The summed E-state index contributed by atoms with van der Waals surface area (Å²) in [5.74, 6) is -0.737. The second-order valence-electron chi connectivity index (χ2n) is 5.40. The van der Waals surface area contributed by atoms with Gasteiger partial charge in [-0.05, 0) is 46.4 Å². The summed E-state index contributed by atoms with van der Waals surface area (Å²) in [6, 6.07) is 0.0676. The number of aliphatic carboxylic acids is 1. The van der Waals surface area contributed by atoms with Crippen molar-refractivity contribution in [3.63, 3.8) is 0 Å². The topological polar surface area (TPSA) is 55.8 Å². The summed E-state index contributed by atoms with van der Waals surface area (Å²) in [7, 11) is 4.14. The van der Waals surface area contributed by atoms with Crippen molar-refractivity contribution < 1.29 is 9.90 Å². The molecule has 0 spiro atoms. The molecule has 0 radical (unpaired) electrons. The number of nitrogens with one attached hydrogen (secondary N) is 1. The Morgan fingerprint density at radius 3 is 2.83 bits per heavy atom. The maximum Gasteiger partial charge on any atom is 0.322 e. The monoisotopic (exact) mass is 257 g/mol. The summed E-state index contributed by atoms with van der Waals surface area (Å²) in [5, 5.41) is 12.3. The van der Waals surface area contributed by atoms with Crippen LogP contribution in [0.4, 0.5) is 0 Å². The Bertz CT molecular complexity index is 259. The van der Waals surface area contributed by atoms with Crippen molar-refractivity contribution in [2.45, 2.75) is 38.3 Å². The summed E-state index contributed by atoms with van der Waals surface area (Å²) < 4.78 is 0.